The zero-order valence-electron chi connectivity index (χ0n) is 12.0. The summed E-state index contributed by atoms with van der Waals surface area (Å²) in [4.78, 5) is 0. The summed E-state index contributed by atoms with van der Waals surface area (Å²) in [6.07, 6.45) is 0. The summed E-state index contributed by atoms with van der Waals surface area (Å²) in [5.74, 6) is -2.34. The molecule has 114 valence electrons. The molecule has 2 nitrogen and oxygen atoms in total. The molecule has 0 aliphatic carbocycles. The molecular formula is C14H8BF5KNO. The van der Waals surface area contributed by atoms with E-state index in [9.17, 15) is 21.7 Å². The minimum atomic E-state index is -5.47. The van der Waals surface area contributed by atoms with Crippen molar-refractivity contribution in [3.05, 3.63) is 59.2 Å². The van der Waals surface area contributed by atoms with Gasteiger partial charge >= 0.3 is 58.4 Å². The van der Waals surface area contributed by atoms with Crippen LogP contribution < -0.4 is 61.6 Å². The maximum Gasteiger partial charge on any atom is 1.00 e. The third-order valence-electron chi connectivity index (χ3n) is 2.88. The first-order valence-electron chi connectivity index (χ1n) is 6.12. The van der Waals surface area contributed by atoms with Gasteiger partial charge in [-0.3, -0.25) is 0 Å². The molecule has 0 radical (unpaired) electrons. The summed E-state index contributed by atoms with van der Waals surface area (Å²) in [5.41, 5.74) is -1.14. The first-order valence-corrected chi connectivity index (χ1v) is 6.12. The van der Waals surface area contributed by atoms with Crippen LogP contribution >= 0.6 is 0 Å². The Bertz CT molecular complexity index is 745. The number of ether oxygens (including phenoxy) is 1. The molecule has 0 spiro atoms. The fourth-order valence-electron chi connectivity index (χ4n) is 1.82. The molecular weight excluding hydrogens is 343 g/mol. The second kappa shape index (κ2) is 8.26. The molecule has 23 heavy (non-hydrogen) atoms. The molecule has 2 rings (SSSR count). The van der Waals surface area contributed by atoms with Crippen molar-refractivity contribution in [3.8, 4) is 11.8 Å². The number of nitriles is 1. The molecule has 0 bridgehead atoms. The zero-order valence-corrected chi connectivity index (χ0v) is 15.1. The van der Waals surface area contributed by atoms with Crippen LogP contribution in [0.3, 0.4) is 0 Å². The maximum atomic E-state index is 13.5. The van der Waals surface area contributed by atoms with Crippen molar-refractivity contribution in [2.75, 3.05) is 0 Å². The van der Waals surface area contributed by atoms with E-state index in [2.05, 4.69) is 0 Å². The van der Waals surface area contributed by atoms with E-state index in [1.807, 2.05) is 0 Å². The number of halogens is 5. The van der Waals surface area contributed by atoms with Crippen molar-refractivity contribution in [1.29, 1.82) is 5.26 Å². The monoisotopic (exact) mass is 351 g/mol. The molecule has 0 saturated carbocycles. The molecule has 0 aromatic heterocycles. The Morgan fingerprint density at radius 3 is 2.35 bits per heavy atom. The van der Waals surface area contributed by atoms with Crippen LogP contribution in [0.2, 0.25) is 0 Å². The SMILES string of the molecule is N#Cc1ccc(F)c(COc2ccc(F)cc2[B-](F)(F)F)c1.[K+]. The van der Waals surface area contributed by atoms with Crippen molar-refractivity contribution >= 4 is 12.4 Å². The van der Waals surface area contributed by atoms with Gasteiger partial charge in [0, 0.05) is 5.56 Å². The molecule has 0 aliphatic rings. The Balaban J connectivity index is 0.00000264. The van der Waals surface area contributed by atoms with Gasteiger partial charge in [-0.15, -0.1) is 0 Å². The normalized spacial score (nSPS) is 10.6. The maximum absolute atomic E-state index is 13.5. The molecule has 0 unspecified atom stereocenters. The van der Waals surface area contributed by atoms with Crippen LogP contribution in [0, 0.1) is 23.0 Å². The van der Waals surface area contributed by atoms with Crippen LogP contribution in [-0.2, 0) is 6.61 Å². The summed E-state index contributed by atoms with van der Waals surface area (Å²) in [7, 11) is 0. The fraction of sp³-hybridized carbons (Fsp3) is 0.0714. The van der Waals surface area contributed by atoms with Crippen molar-refractivity contribution in [1.82, 2.24) is 0 Å². The molecule has 2 aromatic rings. The Kier molecular flexibility index (Phi) is 7.23. The molecule has 0 heterocycles. The van der Waals surface area contributed by atoms with E-state index >= 15 is 0 Å². The van der Waals surface area contributed by atoms with E-state index < -0.39 is 36.4 Å². The average molecular weight is 351 g/mol. The van der Waals surface area contributed by atoms with E-state index in [4.69, 9.17) is 10.00 Å². The molecule has 0 N–H and O–H groups in total. The van der Waals surface area contributed by atoms with Crippen LogP contribution in [0.25, 0.3) is 0 Å². The summed E-state index contributed by atoms with van der Waals surface area (Å²) >= 11 is 0. The van der Waals surface area contributed by atoms with Crippen LogP contribution in [0.15, 0.2) is 36.4 Å². The van der Waals surface area contributed by atoms with E-state index in [0.29, 0.717) is 6.07 Å². The van der Waals surface area contributed by atoms with Gasteiger partial charge in [0.1, 0.15) is 18.2 Å². The summed E-state index contributed by atoms with van der Waals surface area (Å²) in [6, 6.07) is 7.22. The Morgan fingerprint density at radius 2 is 1.74 bits per heavy atom. The fourth-order valence-corrected chi connectivity index (χ4v) is 1.82. The summed E-state index contributed by atoms with van der Waals surface area (Å²) in [6.45, 7) is -5.98. The topological polar surface area (TPSA) is 33.0 Å². The van der Waals surface area contributed by atoms with E-state index in [-0.39, 0.29) is 62.5 Å². The Morgan fingerprint density at radius 1 is 1.04 bits per heavy atom. The molecule has 0 saturated heterocycles. The standard InChI is InChI=1S/C14H8BF5NO.K/c16-11-2-4-14(12(6-11)15(18,19)20)22-8-10-5-9(7-21)1-3-13(10)17;/h1-6H,8H2;/q-1;+1. The van der Waals surface area contributed by atoms with Gasteiger partial charge in [0.15, 0.2) is 0 Å². The van der Waals surface area contributed by atoms with Crippen molar-refractivity contribution in [2.24, 2.45) is 0 Å². The van der Waals surface area contributed by atoms with Gasteiger partial charge < -0.3 is 17.7 Å². The minimum Gasteiger partial charge on any atom is -0.492 e. The number of rotatable bonds is 4. The second-order valence-electron chi connectivity index (χ2n) is 4.46. The zero-order chi connectivity index (χ0) is 16.3. The van der Waals surface area contributed by atoms with Gasteiger partial charge in [-0.25, -0.2) is 8.78 Å². The van der Waals surface area contributed by atoms with E-state index in [0.717, 1.165) is 18.2 Å². The van der Waals surface area contributed by atoms with Gasteiger partial charge in [0.25, 0.3) is 0 Å². The van der Waals surface area contributed by atoms with Crippen LogP contribution in [0.1, 0.15) is 11.1 Å². The van der Waals surface area contributed by atoms with Gasteiger partial charge in [-0.05, 0) is 36.4 Å². The first kappa shape index (κ1) is 20.1. The Labute approximate surface area is 171 Å². The van der Waals surface area contributed by atoms with E-state index in [1.54, 1.807) is 6.07 Å². The van der Waals surface area contributed by atoms with Gasteiger partial charge in [0.2, 0.25) is 0 Å². The number of hydrogen-bond acceptors (Lipinski definition) is 2. The van der Waals surface area contributed by atoms with Gasteiger partial charge in [0.05, 0.1) is 17.4 Å². The molecule has 9 heteroatoms. The van der Waals surface area contributed by atoms with Crippen molar-refractivity contribution < 1.29 is 77.8 Å². The van der Waals surface area contributed by atoms with Crippen molar-refractivity contribution in [3.63, 3.8) is 0 Å². The summed E-state index contributed by atoms with van der Waals surface area (Å²) in [5, 5.41) is 8.72. The van der Waals surface area contributed by atoms with Gasteiger partial charge in [-0.1, -0.05) is 5.46 Å². The van der Waals surface area contributed by atoms with E-state index in [1.165, 1.54) is 12.1 Å². The van der Waals surface area contributed by atoms with Crippen molar-refractivity contribution in [2.45, 2.75) is 6.61 Å². The third-order valence-corrected chi connectivity index (χ3v) is 2.88. The van der Waals surface area contributed by atoms with Gasteiger partial charge in [-0.2, -0.15) is 5.26 Å². The number of benzene rings is 2. The van der Waals surface area contributed by atoms with Crippen LogP contribution in [0.5, 0.6) is 5.75 Å². The first-order chi connectivity index (χ1) is 10.3. The predicted octanol–water partition coefficient (Wildman–Crippen LogP) is 0.474. The molecule has 0 atom stereocenters. The third kappa shape index (κ3) is 5.29. The minimum absolute atomic E-state index is 0. The average Bonchev–Trinajstić information content (AvgIpc) is 2.46. The predicted molar refractivity (Wildman–Crippen MR) is 70.6 cm³/mol. The smallest absolute Gasteiger partial charge is 0.492 e. The molecule has 0 aliphatic heterocycles. The molecule has 0 amide bonds. The molecule has 0 fully saturated rings. The van der Waals surface area contributed by atoms with Crippen LogP contribution in [-0.4, -0.2) is 6.98 Å². The summed E-state index contributed by atoms with van der Waals surface area (Å²) < 4.78 is 70.0. The molecule has 2 aromatic carbocycles. The second-order valence-corrected chi connectivity index (χ2v) is 4.46. The largest absolute Gasteiger partial charge is 1.00 e. The Hall–Kier alpha value is -0.919. The number of hydrogen-bond donors (Lipinski definition) is 0. The quantitative estimate of drug-likeness (QED) is 0.593. The number of nitrogens with zero attached hydrogens (tertiary/aromatic N) is 1. The van der Waals surface area contributed by atoms with Crippen LogP contribution in [0.4, 0.5) is 21.7 Å².